The molecule has 1 aliphatic rings. The van der Waals surface area contributed by atoms with E-state index in [4.69, 9.17) is 10.5 Å². The van der Waals surface area contributed by atoms with Crippen molar-refractivity contribution in [2.75, 3.05) is 12.3 Å². The number of anilines is 1. The largest absolute Gasteiger partial charge is 0.398 e. The highest BCUT2D eigenvalue weighted by molar-refractivity contribution is 5.46. The lowest BCUT2D eigenvalue weighted by Gasteiger charge is -2.24. The number of ether oxygens (including phenoxy) is 1. The Balaban J connectivity index is 1.73. The standard InChI is InChI=1S/C13H18FNO/c14-12-4-5-13(15)11(8-12)9-16-7-6-10-2-1-3-10/h4-5,8,10H,1-3,6-7,9,15H2. The minimum atomic E-state index is -0.258. The Morgan fingerprint density at radius 3 is 2.88 bits per heavy atom. The zero-order valence-corrected chi connectivity index (χ0v) is 9.42. The zero-order chi connectivity index (χ0) is 11.4. The molecule has 0 amide bonds. The molecule has 3 heteroatoms. The van der Waals surface area contributed by atoms with Crippen molar-refractivity contribution >= 4 is 5.69 Å². The van der Waals surface area contributed by atoms with Gasteiger partial charge >= 0.3 is 0 Å². The van der Waals surface area contributed by atoms with Gasteiger partial charge in [0.1, 0.15) is 5.82 Å². The van der Waals surface area contributed by atoms with Crippen LogP contribution >= 0.6 is 0 Å². The molecule has 0 radical (unpaired) electrons. The Hall–Kier alpha value is -1.09. The fraction of sp³-hybridized carbons (Fsp3) is 0.538. The minimum absolute atomic E-state index is 0.258. The van der Waals surface area contributed by atoms with E-state index in [0.717, 1.165) is 24.5 Å². The fourth-order valence-corrected chi connectivity index (χ4v) is 1.91. The van der Waals surface area contributed by atoms with Gasteiger partial charge in [0.25, 0.3) is 0 Å². The molecule has 16 heavy (non-hydrogen) atoms. The molecule has 0 bridgehead atoms. The second-order valence-electron chi connectivity index (χ2n) is 4.48. The Kier molecular flexibility index (Phi) is 3.78. The number of hydrogen-bond acceptors (Lipinski definition) is 2. The Morgan fingerprint density at radius 1 is 1.38 bits per heavy atom. The second-order valence-corrected chi connectivity index (χ2v) is 4.48. The molecule has 2 nitrogen and oxygen atoms in total. The summed E-state index contributed by atoms with van der Waals surface area (Å²) in [7, 11) is 0. The van der Waals surface area contributed by atoms with E-state index < -0.39 is 0 Å². The molecular weight excluding hydrogens is 205 g/mol. The predicted molar refractivity (Wildman–Crippen MR) is 62.4 cm³/mol. The first-order chi connectivity index (χ1) is 7.75. The van der Waals surface area contributed by atoms with E-state index in [1.807, 2.05) is 0 Å². The van der Waals surface area contributed by atoms with Crippen LogP contribution in [-0.4, -0.2) is 6.61 Å². The molecule has 0 atom stereocenters. The van der Waals surface area contributed by atoms with Crippen LogP contribution in [0.25, 0.3) is 0 Å². The number of hydrogen-bond donors (Lipinski definition) is 1. The predicted octanol–water partition coefficient (Wildman–Crippen LogP) is 3.11. The van der Waals surface area contributed by atoms with Crippen LogP contribution in [0.2, 0.25) is 0 Å². The molecule has 1 fully saturated rings. The summed E-state index contributed by atoms with van der Waals surface area (Å²) in [4.78, 5) is 0. The van der Waals surface area contributed by atoms with Gasteiger partial charge in [-0.15, -0.1) is 0 Å². The van der Waals surface area contributed by atoms with Crippen molar-refractivity contribution in [3.8, 4) is 0 Å². The Labute approximate surface area is 95.6 Å². The number of nitrogen functional groups attached to an aromatic ring is 1. The van der Waals surface area contributed by atoms with Crippen molar-refractivity contribution < 1.29 is 9.13 Å². The van der Waals surface area contributed by atoms with Crippen LogP contribution < -0.4 is 5.73 Å². The van der Waals surface area contributed by atoms with Gasteiger partial charge in [0, 0.05) is 17.9 Å². The monoisotopic (exact) mass is 223 g/mol. The van der Waals surface area contributed by atoms with E-state index >= 15 is 0 Å². The molecule has 1 aromatic rings. The van der Waals surface area contributed by atoms with Crippen LogP contribution in [0.1, 0.15) is 31.2 Å². The van der Waals surface area contributed by atoms with Crippen molar-refractivity contribution in [2.24, 2.45) is 5.92 Å². The lowest BCUT2D eigenvalue weighted by Crippen LogP contribution is -2.13. The van der Waals surface area contributed by atoms with Gasteiger partial charge in [0.15, 0.2) is 0 Å². The van der Waals surface area contributed by atoms with Crippen molar-refractivity contribution in [2.45, 2.75) is 32.3 Å². The van der Waals surface area contributed by atoms with Gasteiger partial charge in [-0.25, -0.2) is 4.39 Å². The maximum Gasteiger partial charge on any atom is 0.123 e. The summed E-state index contributed by atoms with van der Waals surface area (Å²) in [5.74, 6) is 0.594. The van der Waals surface area contributed by atoms with Crippen molar-refractivity contribution in [1.82, 2.24) is 0 Å². The molecule has 0 saturated heterocycles. The van der Waals surface area contributed by atoms with Crippen LogP contribution in [0.3, 0.4) is 0 Å². The van der Waals surface area contributed by atoms with Crippen LogP contribution in [-0.2, 0) is 11.3 Å². The first-order valence-electron chi connectivity index (χ1n) is 5.87. The number of benzene rings is 1. The van der Waals surface area contributed by atoms with Gasteiger partial charge in [0.05, 0.1) is 6.61 Å². The van der Waals surface area contributed by atoms with E-state index in [1.54, 1.807) is 6.07 Å². The number of halogens is 1. The van der Waals surface area contributed by atoms with Crippen LogP contribution in [0.15, 0.2) is 18.2 Å². The average Bonchev–Trinajstić information content (AvgIpc) is 2.20. The summed E-state index contributed by atoms with van der Waals surface area (Å²) < 4.78 is 18.5. The molecule has 0 heterocycles. The summed E-state index contributed by atoms with van der Waals surface area (Å²) in [5, 5.41) is 0. The van der Waals surface area contributed by atoms with Gasteiger partial charge in [0.2, 0.25) is 0 Å². The zero-order valence-electron chi connectivity index (χ0n) is 9.42. The maximum atomic E-state index is 12.9. The van der Waals surface area contributed by atoms with E-state index in [2.05, 4.69) is 0 Å². The molecule has 2 N–H and O–H groups in total. The number of nitrogens with two attached hydrogens (primary N) is 1. The summed E-state index contributed by atoms with van der Waals surface area (Å²) >= 11 is 0. The highest BCUT2D eigenvalue weighted by atomic mass is 19.1. The van der Waals surface area contributed by atoms with Crippen LogP contribution in [0.4, 0.5) is 10.1 Å². The maximum absolute atomic E-state index is 12.9. The lowest BCUT2D eigenvalue weighted by molar-refractivity contribution is 0.0952. The molecular formula is C13H18FNO. The topological polar surface area (TPSA) is 35.2 Å². The first kappa shape index (κ1) is 11.4. The molecule has 1 saturated carbocycles. The summed E-state index contributed by atoms with van der Waals surface area (Å²) in [6, 6.07) is 4.39. The highest BCUT2D eigenvalue weighted by Crippen LogP contribution is 2.29. The fourth-order valence-electron chi connectivity index (χ4n) is 1.91. The number of rotatable bonds is 5. The average molecular weight is 223 g/mol. The normalized spacial score (nSPS) is 16.1. The van der Waals surface area contributed by atoms with Crippen LogP contribution in [0, 0.1) is 11.7 Å². The van der Waals surface area contributed by atoms with E-state index in [1.165, 1.54) is 31.4 Å². The first-order valence-corrected chi connectivity index (χ1v) is 5.87. The molecule has 1 aromatic carbocycles. The van der Waals surface area contributed by atoms with Crippen LogP contribution in [0.5, 0.6) is 0 Å². The van der Waals surface area contributed by atoms with Crippen molar-refractivity contribution in [1.29, 1.82) is 0 Å². The third kappa shape index (κ3) is 2.95. The third-order valence-electron chi connectivity index (χ3n) is 3.26. The second kappa shape index (κ2) is 5.30. The quantitative estimate of drug-likeness (QED) is 0.615. The van der Waals surface area contributed by atoms with Gasteiger partial charge in [-0.1, -0.05) is 19.3 Å². The van der Waals surface area contributed by atoms with E-state index in [0.29, 0.717) is 12.3 Å². The van der Waals surface area contributed by atoms with E-state index in [-0.39, 0.29) is 5.82 Å². The van der Waals surface area contributed by atoms with Gasteiger partial charge < -0.3 is 10.5 Å². The highest BCUT2D eigenvalue weighted by Gasteiger charge is 2.16. The molecule has 0 aromatic heterocycles. The summed E-state index contributed by atoms with van der Waals surface area (Å²) in [5.41, 5.74) is 7.07. The lowest BCUT2D eigenvalue weighted by atomic mass is 9.83. The SMILES string of the molecule is Nc1ccc(F)cc1COCCC1CCC1. The van der Waals surface area contributed by atoms with E-state index in [9.17, 15) is 4.39 Å². The molecule has 0 unspecified atom stereocenters. The minimum Gasteiger partial charge on any atom is -0.398 e. The molecule has 88 valence electrons. The summed E-state index contributed by atoms with van der Waals surface area (Å²) in [6.45, 7) is 1.16. The molecule has 0 aliphatic heterocycles. The molecule has 2 rings (SSSR count). The van der Waals surface area contributed by atoms with Crippen molar-refractivity contribution in [3.63, 3.8) is 0 Å². The smallest absolute Gasteiger partial charge is 0.123 e. The Morgan fingerprint density at radius 2 is 2.19 bits per heavy atom. The van der Waals surface area contributed by atoms with Gasteiger partial charge in [-0.2, -0.15) is 0 Å². The van der Waals surface area contributed by atoms with Gasteiger partial charge in [-0.3, -0.25) is 0 Å². The third-order valence-corrected chi connectivity index (χ3v) is 3.26. The Bertz CT molecular complexity index is 350. The van der Waals surface area contributed by atoms with Crippen molar-refractivity contribution in [3.05, 3.63) is 29.6 Å². The summed E-state index contributed by atoms with van der Waals surface area (Å²) in [6.07, 6.45) is 5.16. The molecule has 0 spiro atoms. The molecule has 1 aliphatic carbocycles. The van der Waals surface area contributed by atoms with Gasteiger partial charge in [-0.05, 0) is 30.5 Å².